The maximum atomic E-state index is 11.4. The summed E-state index contributed by atoms with van der Waals surface area (Å²) in [5.74, 6) is -0.0712. The van der Waals surface area contributed by atoms with Crippen molar-refractivity contribution < 1.29 is 14.6 Å². The van der Waals surface area contributed by atoms with Crippen molar-refractivity contribution in [2.45, 2.75) is 32.4 Å². The summed E-state index contributed by atoms with van der Waals surface area (Å²) in [6.45, 7) is 4.21. The Morgan fingerprint density at radius 1 is 1.00 bits per heavy atom. The lowest BCUT2D eigenvalue weighted by Gasteiger charge is -2.37. The average Bonchev–Trinajstić information content (AvgIpc) is 2.80. The monoisotopic (exact) mass is 415 g/mol. The first-order valence-electron chi connectivity index (χ1n) is 10.9. The van der Waals surface area contributed by atoms with Gasteiger partial charge in [0.2, 0.25) is 0 Å². The Kier molecular flexibility index (Phi) is 6.68. The van der Waals surface area contributed by atoms with Crippen molar-refractivity contribution in [3.8, 4) is 5.75 Å². The van der Waals surface area contributed by atoms with Crippen molar-refractivity contribution in [3.63, 3.8) is 0 Å². The van der Waals surface area contributed by atoms with Crippen LogP contribution < -0.4 is 4.74 Å². The van der Waals surface area contributed by atoms with E-state index >= 15 is 0 Å². The minimum atomic E-state index is -0.677. The smallest absolute Gasteiger partial charge is 0.306 e. The van der Waals surface area contributed by atoms with Crippen molar-refractivity contribution in [3.05, 3.63) is 101 Å². The molecule has 3 aromatic rings. The summed E-state index contributed by atoms with van der Waals surface area (Å²) in [6, 6.07) is 27.0. The normalized spacial score (nSPS) is 16.0. The fourth-order valence-corrected chi connectivity index (χ4v) is 4.40. The predicted octanol–water partition coefficient (Wildman–Crippen LogP) is 5.46. The summed E-state index contributed by atoms with van der Waals surface area (Å²) < 4.78 is 6.09. The quantitative estimate of drug-likeness (QED) is 0.557. The van der Waals surface area contributed by atoms with Crippen molar-refractivity contribution >= 4 is 5.97 Å². The fraction of sp³-hybridized carbons (Fsp3) is 0.296. The lowest BCUT2D eigenvalue weighted by atomic mass is 9.89. The molecule has 1 atom stereocenters. The van der Waals surface area contributed by atoms with Crippen LogP contribution in [0.25, 0.3) is 0 Å². The van der Waals surface area contributed by atoms with E-state index in [0.29, 0.717) is 19.4 Å². The number of carboxylic acid groups (broad SMARTS) is 1. The van der Waals surface area contributed by atoms with Gasteiger partial charge in [-0.25, -0.2) is 0 Å². The lowest BCUT2D eigenvalue weighted by molar-refractivity contribution is -0.143. The lowest BCUT2D eigenvalue weighted by Crippen LogP contribution is -2.39. The number of benzene rings is 3. The van der Waals surface area contributed by atoms with Crippen molar-refractivity contribution in [2.24, 2.45) is 5.92 Å². The number of carboxylic acids is 1. The molecular weight excluding hydrogens is 386 g/mol. The Morgan fingerprint density at radius 2 is 1.71 bits per heavy atom. The molecule has 0 aliphatic carbocycles. The standard InChI is InChI=1S/C27H29NO3/c1-20-8-5-6-13-25(20)26(28-16-14-22(15-17-28)27(29)30)23-11-7-12-24(18-23)31-19-21-9-3-2-4-10-21/h2-13,18,22,26H,14-17,19H2,1H3,(H,29,30). The van der Waals surface area contributed by atoms with E-state index in [1.54, 1.807) is 0 Å². The Balaban J connectivity index is 1.60. The van der Waals surface area contributed by atoms with Gasteiger partial charge in [-0.2, -0.15) is 0 Å². The molecule has 4 nitrogen and oxygen atoms in total. The summed E-state index contributed by atoms with van der Waals surface area (Å²) in [5, 5.41) is 9.40. The van der Waals surface area contributed by atoms with Gasteiger partial charge >= 0.3 is 5.97 Å². The molecule has 31 heavy (non-hydrogen) atoms. The fourth-order valence-electron chi connectivity index (χ4n) is 4.40. The number of piperidine rings is 1. The van der Waals surface area contributed by atoms with Crippen LogP contribution >= 0.6 is 0 Å². The van der Waals surface area contributed by atoms with Crippen molar-refractivity contribution in [2.75, 3.05) is 13.1 Å². The molecule has 3 aromatic carbocycles. The highest BCUT2D eigenvalue weighted by Gasteiger charge is 2.30. The van der Waals surface area contributed by atoms with Crippen LogP contribution in [0.2, 0.25) is 0 Å². The van der Waals surface area contributed by atoms with E-state index in [-0.39, 0.29) is 12.0 Å². The molecule has 1 aliphatic rings. The van der Waals surface area contributed by atoms with Crippen LogP contribution in [0.15, 0.2) is 78.9 Å². The highest BCUT2D eigenvalue weighted by molar-refractivity contribution is 5.70. The van der Waals surface area contributed by atoms with Gasteiger partial charge in [0.05, 0.1) is 12.0 Å². The van der Waals surface area contributed by atoms with E-state index in [9.17, 15) is 9.90 Å². The van der Waals surface area contributed by atoms with Crippen molar-refractivity contribution in [1.29, 1.82) is 0 Å². The van der Waals surface area contributed by atoms with Crippen LogP contribution in [0.3, 0.4) is 0 Å². The van der Waals surface area contributed by atoms with E-state index in [1.807, 2.05) is 30.3 Å². The molecule has 1 saturated heterocycles. The van der Waals surface area contributed by atoms with Gasteiger partial charge in [0, 0.05) is 0 Å². The first-order valence-corrected chi connectivity index (χ1v) is 10.9. The van der Waals surface area contributed by atoms with Crippen LogP contribution in [0.1, 0.15) is 41.1 Å². The molecule has 1 fully saturated rings. The van der Waals surface area contributed by atoms with Gasteiger partial charge < -0.3 is 9.84 Å². The highest BCUT2D eigenvalue weighted by atomic mass is 16.5. The Labute approximate surface area is 184 Å². The van der Waals surface area contributed by atoms with Gasteiger partial charge in [-0.05, 0) is 67.2 Å². The van der Waals surface area contributed by atoms with E-state index in [0.717, 1.165) is 24.4 Å². The summed E-state index contributed by atoms with van der Waals surface area (Å²) in [7, 11) is 0. The predicted molar refractivity (Wildman–Crippen MR) is 122 cm³/mol. The number of nitrogens with zero attached hydrogens (tertiary/aromatic N) is 1. The minimum absolute atomic E-state index is 0.0798. The van der Waals surface area contributed by atoms with Gasteiger partial charge in [0.15, 0.2) is 0 Å². The number of hydrogen-bond donors (Lipinski definition) is 1. The van der Waals surface area contributed by atoms with Crippen LogP contribution in [0, 0.1) is 12.8 Å². The molecule has 1 N–H and O–H groups in total. The molecule has 0 bridgehead atoms. The molecule has 1 heterocycles. The Bertz CT molecular complexity index is 1010. The molecule has 4 heteroatoms. The maximum absolute atomic E-state index is 11.4. The molecule has 0 spiro atoms. The zero-order valence-corrected chi connectivity index (χ0v) is 17.9. The molecule has 4 rings (SSSR count). The number of aryl methyl sites for hydroxylation is 1. The summed E-state index contributed by atoms with van der Waals surface area (Å²) >= 11 is 0. The zero-order chi connectivity index (χ0) is 21.6. The van der Waals surface area contributed by atoms with E-state index in [4.69, 9.17) is 4.74 Å². The van der Waals surface area contributed by atoms with E-state index in [1.165, 1.54) is 16.7 Å². The molecule has 0 amide bonds. The number of ether oxygens (including phenoxy) is 1. The van der Waals surface area contributed by atoms with Gasteiger partial charge in [-0.1, -0.05) is 66.7 Å². The van der Waals surface area contributed by atoms with Gasteiger partial charge in [0.25, 0.3) is 0 Å². The van der Waals surface area contributed by atoms with E-state index < -0.39 is 5.97 Å². The van der Waals surface area contributed by atoms with Crippen LogP contribution in [0.5, 0.6) is 5.75 Å². The average molecular weight is 416 g/mol. The second kappa shape index (κ2) is 9.80. The van der Waals surface area contributed by atoms with Crippen LogP contribution in [-0.4, -0.2) is 29.1 Å². The summed E-state index contributed by atoms with van der Waals surface area (Å²) in [5.41, 5.74) is 4.81. The second-order valence-corrected chi connectivity index (χ2v) is 8.25. The van der Waals surface area contributed by atoms with Gasteiger partial charge in [0.1, 0.15) is 12.4 Å². The maximum Gasteiger partial charge on any atom is 0.306 e. The Morgan fingerprint density at radius 3 is 2.42 bits per heavy atom. The zero-order valence-electron chi connectivity index (χ0n) is 17.9. The largest absolute Gasteiger partial charge is 0.489 e. The molecule has 1 aliphatic heterocycles. The molecule has 1 unspecified atom stereocenters. The number of likely N-dealkylation sites (tertiary alicyclic amines) is 1. The molecule has 0 aromatic heterocycles. The van der Waals surface area contributed by atoms with Gasteiger partial charge in [-0.15, -0.1) is 0 Å². The SMILES string of the molecule is Cc1ccccc1C(c1cccc(OCc2ccccc2)c1)N1CCC(C(=O)O)CC1. The first kappa shape index (κ1) is 21.1. The molecule has 0 radical (unpaired) electrons. The molecule has 0 saturated carbocycles. The number of aliphatic carboxylic acids is 1. The van der Waals surface area contributed by atoms with Crippen LogP contribution in [0.4, 0.5) is 0 Å². The topological polar surface area (TPSA) is 49.8 Å². The van der Waals surface area contributed by atoms with Crippen LogP contribution in [-0.2, 0) is 11.4 Å². The molecule has 160 valence electrons. The summed E-state index contributed by atoms with van der Waals surface area (Å²) in [4.78, 5) is 13.8. The highest BCUT2D eigenvalue weighted by Crippen LogP contribution is 2.35. The van der Waals surface area contributed by atoms with E-state index in [2.05, 4.69) is 60.4 Å². The Hall–Kier alpha value is -3.11. The first-order chi connectivity index (χ1) is 15.1. The minimum Gasteiger partial charge on any atom is -0.489 e. The van der Waals surface area contributed by atoms with Gasteiger partial charge in [-0.3, -0.25) is 9.69 Å². The number of rotatable bonds is 7. The third-order valence-corrected chi connectivity index (χ3v) is 6.15. The third kappa shape index (κ3) is 5.15. The van der Waals surface area contributed by atoms with Crippen molar-refractivity contribution in [1.82, 2.24) is 4.90 Å². The third-order valence-electron chi connectivity index (χ3n) is 6.15. The summed E-state index contributed by atoms with van der Waals surface area (Å²) in [6.07, 6.45) is 1.36. The number of hydrogen-bond acceptors (Lipinski definition) is 3. The molecular formula is C27H29NO3. The second-order valence-electron chi connectivity index (χ2n) is 8.25. The number of carbonyl (C=O) groups is 1.